The maximum absolute atomic E-state index is 13.1. The molecule has 0 aliphatic heterocycles. The molecule has 0 fully saturated rings. The first kappa shape index (κ1) is 18.1. The molecule has 5 nitrogen and oxygen atoms in total. The summed E-state index contributed by atoms with van der Waals surface area (Å²) in [6.45, 7) is 4.32. The van der Waals surface area contributed by atoms with Crippen LogP contribution in [0.1, 0.15) is 27.3 Å². The van der Waals surface area contributed by atoms with Gasteiger partial charge in [0.15, 0.2) is 5.82 Å². The zero-order chi connectivity index (χ0) is 18.7. The highest BCUT2D eigenvalue weighted by Gasteiger charge is 2.15. The van der Waals surface area contributed by atoms with Gasteiger partial charge in [0.25, 0.3) is 5.91 Å². The Labute approximate surface area is 155 Å². The molecule has 3 aromatic rings. The van der Waals surface area contributed by atoms with Crippen molar-refractivity contribution in [2.24, 2.45) is 0 Å². The minimum atomic E-state index is -0.472. The van der Waals surface area contributed by atoms with Gasteiger partial charge in [-0.2, -0.15) is 5.10 Å². The number of carbonyl (C=O) groups is 1. The van der Waals surface area contributed by atoms with Crippen LogP contribution in [0.3, 0.4) is 0 Å². The van der Waals surface area contributed by atoms with Crippen molar-refractivity contribution >= 4 is 17.5 Å². The highest BCUT2D eigenvalue weighted by Crippen LogP contribution is 2.18. The molecular weight excluding hydrogens is 355 g/mol. The second kappa shape index (κ2) is 7.66. The Morgan fingerprint density at radius 1 is 1.27 bits per heavy atom. The molecule has 0 unspecified atom stereocenters. The molecule has 0 aliphatic rings. The summed E-state index contributed by atoms with van der Waals surface area (Å²) in [7, 11) is 0. The Kier molecular flexibility index (Phi) is 5.32. The van der Waals surface area contributed by atoms with Crippen molar-refractivity contribution < 1.29 is 9.18 Å². The Morgan fingerprint density at radius 2 is 2.08 bits per heavy atom. The summed E-state index contributed by atoms with van der Waals surface area (Å²) >= 11 is 5.92. The third kappa shape index (κ3) is 3.75. The van der Waals surface area contributed by atoms with Gasteiger partial charge in [-0.25, -0.2) is 14.1 Å². The smallest absolute Gasteiger partial charge is 0.252 e. The van der Waals surface area contributed by atoms with E-state index in [1.807, 2.05) is 32.0 Å². The van der Waals surface area contributed by atoms with E-state index in [1.165, 1.54) is 12.1 Å². The summed E-state index contributed by atoms with van der Waals surface area (Å²) in [6.07, 6.45) is 2.34. The summed E-state index contributed by atoms with van der Waals surface area (Å²) in [6, 6.07) is 9.37. The van der Waals surface area contributed by atoms with Crippen LogP contribution in [0, 0.1) is 19.7 Å². The van der Waals surface area contributed by atoms with Gasteiger partial charge >= 0.3 is 0 Å². The Morgan fingerprint density at radius 3 is 2.77 bits per heavy atom. The van der Waals surface area contributed by atoms with E-state index >= 15 is 0 Å². The Balaban J connectivity index is 1.69. The molecule has 26 heavy (non-hydrogen) atoms. The van der Waals surface area contributed by atoms with Gasteiger partial charge in [0.2, 0.25) is 0 Å². The molecule has 0 spiro atoms. The number of hydrogen-bond donors (Lipinski definition) is 1. The number of halogens is 2. The van der Waals surface area contributed by atoms with Crippen LogP contribution < -0.4 is 5.32 Å². The predicted octanol–water partition coefficient (Wildman–Crippen LogP) is 3.65. The van der Waals surface area contributed by atoms with Gasteiger partial charge in [0.1, 0.15) is 5.82 Å². The fourth-order valence-corrected chi connectivity index (χ4v) is 3.06. The van der Waals surface area contributed by atoms with Crippen molar-refractivity contribution in [2.45, 2.75) is 20.3 Å². The molecule has 1 N–H and O–H groups in total. The number of aryl methyl sites for hydroxylation is 1. The number of amides is 1. The summed E-state index contributed by atoms with van der Waals surface area (Å²) < 4.78 is 14.9. The molecule has 0 bridgehead atoms. The van der Waals surface area contributed by atoms with Crippen molar-refractivity contribution in [3.8, 4) is 5.82 Å². The van der Waals surface area contributed by atoms with Crippen molar-refractivity contribution in [1.82, 2.24) is 20.1 Å². The number of pyridine rings is 1. The van der Waals surface area contributed by atoms with Crippen LogP contribution in [-0.4, -0.2) is 27.2 Å². The number of nitrogens with zero attached hydrogens (tertiary/aromatic N) is 3. The van der Waals surface area contributed by atoms with Crippen LogP contribution in [-0.2, 0) is 6.42 Å². The van der Waals surface area contributed by atoms with Gasteiger partial charge in [-0.3, -0.25) is 4.79 Å². The van der Waals surface area contributed by atoms with Gasteiger partial charge in [-0.05, 0) is 56.2 Å². The lowest BCUT2D eigenvalue weighted by Crippen LogP contribution is -2.26. The standard InChI is InChI=1S/C19H18ClFN4O/c1-12-15(13(2)25(24-12)18-5-3-4-9-22-18)8-10-23-19(26)16-7-6-14(21)11-17(16)20/h3-7,9,11H,8,10H2,1-2H3,(H,23,26). The molecule has 0 saturated carbocycles. The van der Waals surface area contributed by atoms with Crippen molar-refractivity contribution in [2.75, 3.05) is 6.54 Å². The molecule has 134 valence electrons. The minimum Gasteiger partial charge on any atom is -0.352 e. The fraction of sp³-hybridized carbons (Fsp3) is 0.211. The molecule has 7 heteroatoms. The molecule has 0 radical (unpaired) electrons. The molecule has 0 saturated heterocycles. The van der Waals surface area contributed by atoms with Crippen molar-refractivity contribution in [1.29, 1.82) is 0 Å². The zero-order valence-corrected chi connectivity index (χ0v) is 15.2. The topological polar surface area (TPSA) is 59.8 Å². The average molecular weight is 373 g/mol. The first-order chi connectivity index (χ1) is 12.5. The first-order valence-electron chi connectivity index (χ1n) is 8.17. The second-order valence-electron chi connectivity index (χ2n) is 5.88. The fourth-order valence-electron chi connectivity index (χ4n) is 2.81. The highest BCUT2D eigenvalue weighted by atomic mass is 35.5. The predicted molar refractivity (Wildman–Crippen MR) is 98.3 cm³/mol. The number of rotatable bonds is 5. The van der Waals surface area contributed by atoms with E-state index < -0.39 is 5.82 Å². The third-order valence-corrected chi connectivity index (χ3v) is 4.46. The molecule has 0 aliphatic carbocycles. The van der Waals surface area contributed by atoms with Gasteiger partial charge < -0.3 is 5.32 Å². The molecule has 0 atom stereocenters. The van der Waals surface area contributed by atoms with Crippen LogP contribution >= 0.6 is 11.6 Å². The summed E-state index contributed by atoms with van der Waals surface area (Å²) in [5, 5.41) is 7.45. The molecule has 3 rings (SSSR count). The first-order valence-corrected chi connectivity index (χ1v) is 8.55. The lowest BCUT2D eigenvalue weighted by Gasteiger charge is -2.08. The zero-order valence-electron chi connectivity index (χ0n) is 14.5. The van der Waals surface area contributed by atoms with Crippen LogP contribution in [0.15, 0.2) is 42.6 Å². The van der Waals surface area contributed by atoms with Crippen LogP contribution in [0.25, 0.3) is 5.82 Å². The van der Waals surface area contributed by atoms with Crippen molar-refractivity contribution in [3.63, 3.8) is 0 Å². The second-order valence-corrected chi connectivity index (χ2v) is 6.29. The third-order valence-electron chi connectivity index (χ3n) is 4.14. The van der Waals surface area contributed by atoms with Crippen LogP contribution in [0.4, 0.5) is 4.39 Å². The largest absolute Gasteiger partial charge is 0.352 e. The minimum absolute atomic E-state index is 0.0952. The van der Waals surface area contributed by atoms with E-state index in [1.54, 1.807) is 10.9 Å². The number of carbonyl (C=O) groups excluding carboxylic acids is 1. The van der Waals surface area contributed by atoms with Gasteiger partial charge in [-0.15, -0.1) is 0 Å². The van der Waals surface area contributed by atoms with E-state index in [-0.39, 0.29) is 16.5 Å². The highest BCUT2D eigenvalue weighted by molar-refractivity contribution is 6.33. The number of benzene rings is 1. The maximum atomic E-state index is 13.1. The van der Waals surface area contributed by atoms with Crippen molar-refractivity contribution in [3.05, 3.63) is 75.9 Å². The van der Waals surface area contributed by atoms with E-state index in [4.69, 9.17) is 11.6 Å². The molecule has 1 aromatic carbocycles. The summed E-state index contributed by atoms with van der Waals surface area (Å²) in [5.74, 6) is -0.0522. The van der Waals surface area contributed by atoms with E-state index in [2.05, 4.69) is 15.4 Å². The van der Waals surface area contributed by atoms with E-state index in [0.717, 1.165) is 28.8 Å². The van der Waals surface area contributed by atoms with E-state index in [0.29, 0.717) is 13.0 Å². The van der Waals surface area contributed by atoms with Crippen LogP contribution in [0.2, 0.25) is 5.02 Å². The molecular formula is C19H18ClFN4O. The lowest BCUT2D eigenvalue weighted by atomic mass is 10.1. The van der Waals surface area contributed by atoms with Gasteiger partial charge in [0, 0.05) is 18.4 Å². The SMILES string of the molecule is Cc1nn(-c2ccccn2)c(C)c1CCNC(=O)c1ccc(F)cc1Cl. The Hall–Kier alpha value is -2.73. The van der Waals surface area contributed by atoms with E-state index in [9.17, 15) is 9.18 Å². The number of hydrogen-bond acceptors (Lipinski definition) is 3. The van der Waals surface area contributed by atoms with Gasteiger partial charge in [0.05, 0.1) is 16.3 Å². The van der Waals surface area contributed by atoms with Gasteiger partial charge in [-0.1, -0.05) is 17.7 Å². The molecule has 1 amide bonds. The Bertz CT molecular complexity index is 940. The number of aromatic nitrogens is 3. The molecule has 2 aromatic heterocycles. The lowest BCUT2D eigenvalue weighted by molar-refractivity contribution is 0.0954. The number of nitrogens with one attached hydrogen (secondary N) is 1. The summed E-state index contributed by atoms with van der Waals surface area (Å²) in [5.41, 5.74) is 3.18. The normalized spacial score (nSPS) is 10.8. The maximum Gasteiger partial charge on any atom is 0.252 e. The summed E-state index contributed by atoms with van der Waals surface area (Å²) in [4.78, 5) is 16.5. The van der Waals surface area contributed by atoms with Crippen LogP contribution in [0.5, 0.6) is 0 Å². The quantitative estimate of drug-likeness (QED) is 0.743. The molecule has 2 heterocycles. The average Bonchev–Trinajstić information content (AvgIpc) is 2.90. The monoisotopic (exact) mass is 372 g/mol.